The first-order valence-corrected chi connectivity index (χ1v) is 12.6. The minimum atomic E-state index is -3.13. The monoisotopic (exact) mass is 455 g/mol. The van der Waals surface area contributed by atoms with E-state index >= 15 is 0 Å². The maximum absolute atomic E-state index is 12.5. The van der Waals surface area contributed by atoms with Gasteiger partial charge in [-0.1, -0.05) is 29.4 Å². The number of amides is 1. The second-order valence-electron chi connectivity index (χ2n) is 7.31. The number of carbonyl (C=O) groups is 1. The van der Waals surface area contributed by atoms with Gasteiger partial charge >= 0.3 is 0 Å². The van der Waals surface area contributed by atoms with Gasteiger partial charge in [0, 0.05) is 11.1 Å². The molecule has 3 heterocycles. The van der Waals surface area contributed by atoms with Gasteiger partial charge in [0.2, 0.25) is 5.91 Å². The van der Waals surface area contributed by atoms with E-state index in [4.69, 9.17) is 11.6 Å². The van der Waals surface area contributed by atoms with Crippen molar-refractivity contribution in [2.24, 2.45) is 0 Å². The van der Waals surface area contributed by atoms with Crippen molar-refractivity contribution in [3.8, 4) is 5.69 Å². The minimum absolute atomic E-state index is 0.00324. The summed E-state index contributed by atoms with van der Waals surface area (Å²) in [4.78, 5) is 14.7. The molecule has 2 unspecified atom stereocenters. The van der Waals surface area contributed by atoms with Crippen LogP contribution in [-0.4, -0.2) is 76.4 Å². The van der Waals surface area contributed by atoms with Crippen LogP contribution in [0.25, 0.3) is 5.69 Å². The van der Waals surface area contributed by atoms with E-state index in [0.717, 1.165) is 31.6 Å². The molecule has 2 saturated heterocycles. The quantitative estimate of drug-likeness (QED) is 0.657. The van der Waals surface area contributed by atoms with Crippen molar-refractivity contribution in [1.29, 1.82) is 0 Å². The molecule has 29 heavy (non-hydrogen) atoms. The summed E-state index contributed by atoms with van der Waals surface area (Å²) in [6.45, 7) is 1.79. The van der Waals surface area contributed by atoms with Crippen LogP contribution >= 0.6 is 23.4 Å². The number of benzene rings is 1. The highest BCUT2D eigenvalue weighted by molar-refractivity contribution is 7.99. The largest absolute Gasteiger partial charge is 0.350 e. The molecule has 0 saturated carbocycles. The van der Waals surface area contributed by atoms with Gasteiger partial charge in [-0.2, -0.15) is 0 Å². The number of hydrogen-bond donors (Lipinski definition) is 1. The van der Waals surface area contributed by atoms with Crippen LogP contribution in [0.3, 0.4) is 0 Å². The Labute approximate surface area is 178 Å². The Hall–Kier alpha value is -1.62. The maximum atomic E-state index is 12.5. The number of sulfone groups is 1. The zero-order valence-electron chi connectivity index (χ0n) is 15.7. The summed E-state index contributed by atoms with van der Waals surface area (Å²) >= 11 is 7.30. The van der Waals surface area contributed by atoms with Crippen LogP contribution in [0, 0.1) is 0 Å². The van der Waals surface area contributed by atoms with Crippen molar-refractivity contribution in [2.75, 3.05) is 30.3 Å². The highest BCUT2D eigenvalue weighted by Crippen LogP contribution is 2.24. The van der Waals surface area contributed by atoms with Crippen LogP contribution in [0.1, 0.15) is 12.8 Å². The Bertz CT molecular complexity index is 991. The SMILES string of the molecule is O=C(CSc1nncn1-c1cccc(Cl)c1)NC1CS(=O)(=O)CC1N1CCCC1. The predicted molar refractivity (Wildman–Crippen MR) is 112 cm³/mol. The van der Waals surface area contributed by atoms with Crippen molar-refractivity contribution < 1.29 is 13.2 Å². The molecule has 8 nitrogen and oxygen atoms in total. The molecule has 11 heteroatoms. The number of aromatic nitrogens is 3. The standard InChI is InChI=1S/C18H22ClN5O3S2/c19-13-4-3-5-14(8-13)24-12-20-22-18(24)28-9-17(25)21-15-10-29(26,27)11-16(15)23-6-1-2-7-23/h3-5,8,12,15-16H,1-2,6-7,9-11H2,(H,21,25). The van der Waals surface area contributed by atoms with E-state index in [1.807, 2.05) is 12.1 Å². The Morgan fingerprint density at radius 3 is 2.83 bits per heavy atom. The fourth-order valence-corrected chi connectivity index (χ4v) is 6.78. The number of nitrogens with one attached hydrogen (secondary N) is 1. The highest BCUT2D eigenvalue weighted by atomic mass is 35.5. The molecule has 2 atom stereocenters. The molecule has 0 bridgehead atoms. The van der Waals surface area contributed by atoms with Crippen molar-refractivity contribution >= 4 is 39.1 Å². The third kappa shape index (κ3) is 4.93. The van der Waals surface area contributed by atoms with Gasteiger partial charge in [0.15, 0.2) is 15.0 Å². The molecule has 1 amide bonds. The van der Waals surface area contributed by atoms with Crippen molar-refractivity contribution in [1.82, 2.24) is 25.0 Å². The van der Waals surface area contributed by atoms with Crippen LogP contribution in [-0.2, 0) is 14.6 Å². The van der Waals surface area contributed by atoms with Crippen molar-refractivity contribution in [2.45, 2.75) is 30.1 Å². The molecule has 0 aliphatic carbocycles. The zero-order chi connectivity index (χ0) is 20.4. The number of hydrogen-bond acceptors (Lipinski definition) is 7. The number of halogens is 1. The molecule has 156 valence electrons. The van der Waals surface area contributed by atoms with Crippen LogP contribution in [0.4, 0.5) is 0 Å². The third-order valence-corrected chi connectivity index (χ3v) is 8.11. The number of carbonyl (C=O) groups excluding carboxylic acids is 1. The molecule has 0 spiro atoms. The highest BCUT2D eigenvalue weighted by Gasteiger charge is 2.42. The molecule has 4 rings (SSSR count). The topological polar surface area (TPSA) is 97.2 Å². The smallest absolute Gasteiger partial charge is 0.230 e. The predicted octanol–water partition coefficient (Wildman–Crippen LogP) is 1.39. The summed E-state index contributed by atoms with van der Waals surface area (Å²) in [6, 6.07) is 6.78. The molecule has 2 fully saturated rings. The molecule has 1 aromatic heterocycles. The molecule has 2 aliphatic heterocycles. The molecule has 2 aromatic rings. The van der Waals surface area contributed by atoms with Gasteiger partial charge in [0.05, 0.1) is 29.0 Å². The lowest BCUT2D eigenvalue weighted by Gasteiger charge is -2.28. The van der Waals surface area contributed by atoms with E-state index in [1.54, 1.807) is 23.0 Å². The van der Waals surface area contributed by atoms with E-state index in [2.05, 4.69) is 20.4 Å². The average Bonchev–Trinajstić information content (AvgIpc) is 3.39. The molecule has 1 N–H and O–H groups in total. The Kier molecular flexibility index (Phi) is 6.14. The van der Waals surface area contributed by atoms with Crippen LogP contribution in [0.2, 0.25) is 5.02 Å². The van der Waals surface area contributed by atoms with Gasteiger partial charge in [0.1, 0.15) is 6.33 Å². The summed E-state index contributed by atoms with van der Waals surface area (Å²) in [5.74, 6) is 0.0434. The van der Waals surface area contributed by atoms with Crippen molar-refractivity contribution in [3.05, 3.63) is 35.6 Å². The summed E-state index contributed by atoms with van der Waals surface area (Å²) in [5, 5.41) is 12.1. The van der Waals surface area contributed by atoms with Crippen molar-refractivity contribution in [3.63, 3.8) is 0 Å². The van der Waals surface area contributed by atoms with Crippen LogP contribution in [0.5, 0.6) is 0 Å². The zero-order valence-corrected chi connectivity index (χ0v) is 18.1. The van der Waals surface area contributed by atoms with E-state index in [0.29, 0.717) is 10.2 Å². The number of likely N-dealkylation sites (tertiary alicyclic amines) is 1. The summed E-state index contributed by atoms with van der Waals surface area (Å²) in [7, 11) is -3.13. The molecule has 0 radical (unpaired) electrons. The van der Waals surface area contributed by atoms with Crippen LogP contribution < -0.4 is 5.32 Å². The van der Waals surface area contributed by atoms with Gasteiger partial charge in [-0.3, -0.25) is 14.3 Å². The van der Waals surface area contributed by atoms with Gasteiger partial charge in [-0.05, 0) is 44.1 Å². The third-order valence-electron chi connectivity index (χ3n) is 5.21. The van der Waals surface area contributed by atoms with Gasteiger partial charge in [-0.25, -0.2) is 8.42 Å². The molecule has 2 aliphatic rings. The fourth-order valence-electron chi connectivity index (χ4n) is 3.90. The Balaban J connectivity index is 1.39. The Morgan fingerprint density at radius 1 is 1.28 bits per heavy atom. The first kappa shape index (κ1) is 20.6. The number of nitrogens with zero attached hydrogens (tertiary/aromatic N) is 4. The van der Waals surface area contributed by atoms with E-state index in [-0.39, 0.29) is 35.2 Å². The normalized spacial score (nSPS) is 24.0. The van der Waals surface area contributed by atoms with Gasteiger partial charge in [0.25, 0.3) is 0 Å². The number of rotatable bonds is 6. The van der Waals surface area contributed by atoms with E-state index in [1.165, 1.54) is 11.8 Å². The number of thioether (sulfide) groups is 1. The minimum Gasteiger partial charge on any atom is -0.350 e. The average molecular weight is 456 g/mol. The molecular weight excluding hydrogens is 434 g/mol. The summed E-state index contributed by atoms with van der Waals surface area (Å²) in [5.41, 5.74) is 0.807. The lowest BCUT2D eigenvalue weighted by molar-refractivity contribution is -0.119. The lowest BCUT2D eigenvalue weighted by atomic mass is 10.1. The first-order chi connectivity index (χ1) is 13.9. The van der Waals surface area contributed by atoms with E-state index in [9.17, 15) is 13.2 Å². The summed E-state index contributed by atoms with van der Waals surface area (Å²) in [6.07, 6.45) is 3.72. The fraction of sp³-hybridized carbons (Fsp3) is 0.500. The van der Waals surface area contributed by atoms with Gasteiger partial charge < -0.3 is 5.32 Å². The second kappa shape index (κ2) is 8.63. The summed E-state index contributed by atoms with van der Waals surface area (Å²) < 4.78 is 26.1. The van der Waals surface area contributed by atoms with Gasteiger partial charge in [-0.15, -0.1) is 10.2 Å². The molecule has 1 aromatic carbocycles. The maximum Gasteiger partial charge on any atom is 0.230 e. The lowest BCUT2D eigenvalue weighted by Crippen LogP contribution is -2.50. The molecular formula is C18H22ClN5O3S2. The second-order valence-corrected chi connectivity index (χ2v) is 10.8. The first-order valence-electron chi connectivity index (χ1n) is 9.44. The van der Waals surface area contributed by atoms with Crippen LogP contribution in [0.15, 0.2) is 35.7 Å². The van der Waals surface area contributed by atoms with E-state index < -0.39 is 9.84 Å². The Morgan fingerprint density at radius 2 is 2.07 bits per heavy atom.